The van der Waals surface area contributed by atoms with Crippen LogP contribution < -0.4 is 5.69 Å². The standard InChI is InChI=1S/C15H17F3N4O2/c16-15(17,18)11-7-5-10(6-8-11)13(23)9-21-14(24)22(20-19-21)12-3-1-2-4-12/h5-8,12-13,23H,1-4,9H2/t13-/m1/s1. The molecule has 1 aromatic carbocycles. The number of aliphatic hydroxyl groups excluding tert-OH is 1. The van der Waals surface area contributed by atoms with E-state index in [4.69, 9.17) is 0 Å². The molecule has 0 radical (unpaired) electrons. The third-order valence-corrected chi connectivity index (χ3v) is 4.30. The van der Waals surface area contributed by atoms with Gasteiger partial charge in [0.05, 0.1) is 24.3 Å². The largest absolute Gasteiger partial charge is 0.416 e. The third-order valence-electron chi connectivity index (χ3n) is 4.30. The van der Waals surface area contributed by atoms with E-state index in [1.165, 1.54) is 16.8 Å². The summed E-state index contributed by atoms with van der Waals surface area (Å²) >= 11 is 0. The number of benzene rings is 1. The summed E-state index contributed by atoms with van der Waals surface area (Å²) in [6.45, 7) is -0.156. The monoisotopic (exact) mass is 342 g/mol. The lowest BCUT2D eigenvalue weighted by molar-refractivity contribution is -0.137. The van der Waals surface area contributed by atoms with Crippen LogP contribution in [0.1, 0.15) is 49.0 Å². The summed E-state index contributed by atoms with van der Waals surface area (Å²) < 4.78 is 40.0. The maximum absolute atomic E-state index is 12.5. The number of halogens is 3. The van der Waals surface area contributed by atoms with Crippen molar-refractivity contribution < 1.29 is 18.3 Å². The predicted molar refractivity (Wildman–Crippen MR) is 78.2 cm³/mol. The van der Waals surface area contributed by atoms with Crippen molar-refractivity contribution in [2.24, 2.45) is 0 Å². The fourth-order valence-electron chi connectivity index (χ4n) is 2.94. The maximum atomic E-state index is 12.5. The minimum atomic E-state index is -4.43. The first-order chi connectivity index (χ1) is 11.4. The summed E-state index contributed by atoms with van der Waals surface area (Å²) in [4.78, 5) is 12.2. The highest BCUT2D eigenvalue weighted by Crippen LogP contribution is 2.30. The second-order valence-corrected chi connectivity index (χ2v) is 5.96. The van der Waals surface area contributed by atoms with Gasteiger partial charge in [-0.3, -0.25) is 0 Å². The van der Waals surface area contributed by atoms with Crippen molar-refractivity contribution in [2.75, 3.05) is 0 Å². The number of nitrogens with zero attached hydrogens (tertiary/aromatic N) is 4. The first-order valence-corrected chi connectivity index (χ1v) is 7.74. The van der Waals surface area contributed by atoms with Gasteiger partial charge in [0.2, 0.25) is 0 Å². The third kappa shape index (κ3) is 3.35. The Morgan fingerprint density at radius 1 is 1.17 bits per heavy atom. The summed E-state index contributed by atoms with van der Waals surface area (Å²) in [5.41, 5.74) is -0.916. The highest BCUT2D eigenvalue weighted by atomic mass is 19.4. The molecule has 2 aromatic rings. The molecule has 3 rings (SSSR count). The minimum Gasteiger partial charge on any atom is -0.386 e. The molecule has 6 nitrogen and oxygen atoms in total. The zero-order valence-electron chi connectivity index (χ0n) is 12.8. The van der Waals surface area contributed by atoms with Gasteiger partial charge in [-0.2, -0.15) is 22.5 Å². The molecule has 1 aliphatic rings. The molecule has 24 heavy (non-hydrogen) atoms. The topological polar surface area (TPSA) is 72.9 Å². The molecular formula is C15H17F3N4O2. The van der Waals surface area contributed by atoms with Crippen LogP contribution >= 0.6 is 0 Å². The highest BCUT2D eigenvalue weighted by Gasteiger charge is 2.30. The van der Waals surface area contributed by atoms with Gasteiger partial charge in [0.25, 0.3) is 0 Å². The Hall–Kier alpha value is -2.16. The van der Waals surface area contributed by atoms with Gasteiger partial charge in [0.1, 0.15) is 0 Å². The average Bonchev–Trinajstić information content (AvgIpc) is 3.17. The summed E-state index contributed by atoms with van der Waals surface area (Å²) in [5, 5.41) is 17.8. The second-order valence-electron chi connectivity index (χ2n) is 5.96. The van der Waals surface area contributed by atoms with Crippen molar-refractivity contribution in [3.05, 3.63) is 45.9 Å². The van der Waals surface area contributed by atoms with E-state index in [1.807, 2.05) is 0 Å². The van der Waals surface area contributed by atoms with Gasteiger partial charge in [-0.1, -0.05) is 25.0 Å². The lowest BCUT2D eigenvalue weighted by Gasteiger charge is -2.12. The smallest absolute Gasteiger partial charge is 0.386 e. The Labute approximate surface area is 135 Å². The highest BCUT2D eigenvalue weighted by molar-refractivity contribution is 5.25. The molecule has 0 bridgehead atoms. The van der Waals surface area contributed by atoms with Crippen molar-refractivity contribution >= 4 is 0 Å². The van der Waals surface area contributed by atoms with Crippen molar-refractivity contribution in [3.63, 3.8) is 0 Å². The maximum Gasteiger partial charge on any atom is 0.416 e. The molecule has 1 atom stereocenters. The fourth-order valence-corrected chi connectivity index (χ4v) is 2.94. The van der Waals surface area contributed by atoms with Crippen LogP contribution in [0.25, 0.3) is 0 Å². The first kappa shape index (κ1) is 16.7. The molecule has 0 unspecified atom stereocenters. The molecule has 1 aliphatic carbocycles. The van der Waals surface area contributed by atoms with Crippen LogP contribution in [-0.4, -0.2) is 24.9 Å². The Bertz CT molecular complexity index is 745. The average molecular weight is 342 g/mol. The number of hydrogen-bond donors (Lipinski definition) is 1. The SMILES string of the molecule is O=c1n(C[C@@H](O)c2ccc(C(F)(F)F)cc2)nnn1C1CCCC1. The molecule has 9 heteroatoms. The van der Waals surface area contributed by atoms with E-state index >= 15 is 0 Å². The normalized spacial score (nSPS) is 17.3. The molecule has 130 valence electrons. The molecule has 0 amide bonds. The van der Waals surface area contributed by atoms with E-state index in [0.717, 1.165) is 42.5 Å². The number of hydrogen-bond acceptors (Lipinski definition) is 4. The van der Waals surface area contributed by atoms with Gasteiger partial charge in [0, 0.05) is 0 Å². The molecule has 1 saturated carbocycles. The predicted octanol–water partition coefficient (Wildman–Crippen LogP) is 2.31. The van der Waals surface area contributed by atoms with E-state index < -0.39 is 23.5 Å². The van der Waals surface area contributed by atoms with Crippen LogP contribution in [-0.2, 0) is 12.7 Å². The van der Waals surface area contributed by atoms with Gasteiger partial charge < -0.3 is 5.11 Å². The van der Waals surface area contributed by atoms with E-state index in [2.05, 4.69) is 10.4 Å². The second kappa shape index (κ2) is 6.39. The number of alkyl halides is 3. The first-order valence-electron chi connectivity index (χ1n) is 7.74. The van der Waals surface area contributed by atoms with Crippen LogP contribution in [0.15, 0.2) is 29.1 Å². The van der Waals surface area contributed by atoms with Gasteiger partial charge in [-0.05, 0) is 41.0 Å². The van der Waals surface area contributed by atoms with Crippen LogP contribution in [0.4, 0.5) is 13.2 Å². The Morgan fingerprint density at radius 3 is 2.38 bits per heavy atom. The summed E-state index contributed by atoms with van der Waals surface area (Å²) in [7, 11) is 0. The van der Waals surface area contributed by atoms with E-state index in [0.29, 0.717) is 0 Å². The minimum absolute atomic E-state index is 0.0365. The Kier molecular flexibility index (Phi) is 4.44. The zero-order chi connectivity index (χ0) is 17.3. The van der Waals surface area contributed by atoms with Crippen LogP contribution in [0, 0.1) is 0 Å². The van der Waals surface area contributed by atoms with Gasteiger partial charge >= 0.3 is 11.9 Å². The lowest BCUT2D eigenvalue weighted by Crippen LogP contribution is -2.29. The van der Waals surface area contributed by atoms with E-state index in [1.54, 1.807) is 0 Å². The van der Waals surface area contributed by atoms with Crippen LogP contribution in [0.3, 0.4) is 0 Å². The number of tetrazole rings is 1. The lowest BCUT2D eigenvalue weighted by atomic mass is 10.1. The van der Waals surface area contributed by atoms with Gasteiger partial charge in [0.15, 0.2) is 0 Å². The number of aromatic nitrogens is 4. The molecule has 1 N–H and O–H groups in total. The quantitative estimate of drug-likeness (QED) is 0.925. The zero-order valence-corrected chi connectivity index (χ0v) is 12.8. The fraction of sp³-hybridized carbons (Fsp3) is 0.533. The van der Waals surface area contributed by atoms with E-state index in [9.17, 15) is 23.1 Å². The number of rotatable bonds is 4. The molecule has 0 aliphatic heterocycles. The summed E-state index contributed by atoms with van der Waals surface area (Å²) in [6, 6.07) is 4.22. The van der Waals surface area contributed by atoms with Crippen molar-refractivity contribution in [1.82, 2.24) is 19.8 Å². The molecular weight excluding hydrogens is 325 g/mol. The molecule has 1 aromatic heterocycles. The van der Waals surface area contributed by atoms with Crippen molar-refractivity contribution in [1.29, 1.82) is 0 Å². The molecule has 0 saturated heterocycles. The van der Waals surface area contributed by atoms with Gasteiger partial charge in [-0.25, -0.2) is 4.79 Å². The number of aliphatic hydroxyl groups is 1. The molecule has 1 heterocycles. The van der Waals surface area contributed by atoms with Gasteiger partial charge in [-0.15, -0.1) is 0 Å². The Balaban J connectivity index is 1.73. The molecule has 0 spiro atoms. The summed E-state index contributed by atoms with van der Waals surface area (Å²) in [5.74, 6) is 0. The van der Waals surface area contributed by atoms with Crippen molar-refractivity contribution in [2.45, 2.75) is 50.6 Å². The summed E-state index contributed by atoms with van der Waals surface area (Å²) in [6.07, 6.45) is -1.74. The Morgan fingerprint density at radius 2 is 1.79 bits per heavy atom. The van der Waals surface area contributed by atoms with Crippen LogP contribution in [0.2, 0.25) is 0 Å². The molecule has 1 fully saturated rings. The van der Waals surface area contributed by atoms with Crippen LogP contribution in [0.5, 0.6) is 0 Å². The van der Waals surface area contributed by atoms with Crippen molar-refractivity contribution in [3.8, 4) is 0 Å². The van der Waals surface area contributed by atoms with E-state index in [-0.39, 0.29) is 18.2 Å².